The smallest absolute Gasteiger partial charge is 0.221 e. The summed E-state index contributed by atoms with van der Waals surface area (Å²) in [5.74, 6) is 0.0484. The standard InChI is InChI=1S/C18H15FN2O2S/c1-11(22)20-12-7-8-13(15(19)9-12)16-10-24-18(21-16)14-5-3-4-6-17(14)23-2/h3-10H,1-2H3,(H,20,22). The maximum Gasteiger partial charge on any atom is 0.221 e. The van der Waals surface area contributed by atoms with E-state index in [2.05, 4.69) is 10.3 Å². The first-order valence-corrected chi connectivity index (χ1v) is 8.13. The van der Waals surface area contributed by atoms with E-state index in [4.69, 9.17) is 4.74 Å². The number of carbonyl (C=O) groups is 1. The van der Waals surface area contributed by atoms with E-state index in [0.29, 0.717) is 16.9 Å². The Labute approximate surface area is 142 Å². The van der Waals surface area contributed by atoms with Gasteiger partial charge in [0.25, 0.3) is 0 Å². The van der Waals surface area contributed by atoms with Crippen molar-refractivity contribution in [2.75, 3.05) is 12.4 Å². The molecule has 2 aromatic carbocycles. The number of methoxy groups -OCH3 is 1. The second kappa shape index (κ2) is 6.80. The number of aromatic nitrogens is 1. The molecule has 6 heteroatoms. The average molecular weight is 342 g/mol. The minimum atomic E-state index is -0.432. The zero-order chi connectivity index (χ0) is 17.1. The van der Waals surface area contributed by atoms with Crippen molar-refractivity contribution < 1.29 is 13.9 Å². The molecule has 0 aliphatic carbocycles. The number of hydrogen-bond acceptors (Lipinski definition) is 4. The van der Waals surface area contributed by atoms with E-state index in [1.807, 2.05) is 24.3 Å². The molecule has 0 aliphatic rings. The van der Waals surface area contributed by atoms with Crippen molar-refractivity contribution >= 4 is 22.9 Å². The number of anilines is 1. The SMILES string of the molecule is COc1ccccc1-c1nc(-c2ccc(NC(C)=O)cc2F)cs1. The molecule has 1 heterocycles. The van der Waals surface area contributed by atoms with Crippen molar-refractivity contribution in [2.45, 2.75) is 6.92 Å². The highest BCUT2D eigenvalue weighted by molar-refractivity contribution is 7.13. The van der Waals surface area contributed by atoms with Crippen LogP contribution in [0.2, 0.25) is 0 Å². The van der Waals surface area contributed by atoms with Gasteiger partial charge in [-0.1, -0.05) is 12.1 Å². The van der Waals surface area contributed by atoms with Crippen molar-refractivity contribution in [1.82, 2.24) is 4.98 Å². The first-order chi connectivity index (χ1) is 11.6. The molecule has 0 unspecified atom stereocenters. The molecule has 1 aromatic heterocycles. The van der Waals surface area contributed by atoms with Crippen LogP contribution in [0.3, 0.4) is 0 Å². The number of hydrogen-bond donors (Lipinski definition) is 1. The van der Waals surface area contributed by atoms with Gasteiger partial charge >= 0.3 is 0 Å². The Hall–Kier alpha value is -2.73. The summed E-state index contributed by atoms with van der Waals surface area (Å²) in [6, 6.07) is 12.1. The number of halogens is 1. The minimum Gasteiger partial charge on any atom is -0.496 e. The van der Waals surface area contributed by atoms with Crippen LogP contribution in [0.4, 0.5) is 10.1 Å². The molecule has 0 bridgehead atoms. The van der Waals surface area contributed by atoms with Gasteiger partial charge in [-0.25, -0.2) is 9.37 Å². The molecule has 0 spiro atoms. The molecule has 0 atom stereocenters. The predicted molar refractivity (Wildman–Crippen MR) is 93.8 cm³/mol. The maximum atomic E-state index is 14.3. The van der Waals surface area contributed by atoms with Crippen molar-refractivity contribution in [3.8, 4) is 27.6 Å². The number of nitrogens with zero attached hydrogens (tertiary/aromatic N) is 1. The van der Waals surface area contributed by atoms with Crippen LogP contribution in [-0.4, -0.2) is 18.0 Å². The van der Waals surface area contributed by atoms with Crippen LogP contribution in [-0.2, 0) is 4.79 Å². The fraction of sp³-hybridized carbons (Fsp3) is 0.111. The van der Waals surface area contributed by atoms with E-state index >= 15 is 0 Å². The molecule has 3 rings (SSSR count). The molecular weight excluding hydrogens is 327 g/mol. The summed E-state index contributed by atoms with van der Waals surface area (Å²) in [4.78, 5) is 15.6. The number of amides is 1. The van der Waals surface area contributed by atoms with Gasteiger partial charge in [-0.3, -0.25) is 4.79 Å². The van der Waals surface area contributed by atoms with Gasteiger partial charge in [0, 0.05) is 23.6 Å². The normalized spacial score (nSPS) is 10.5. The third-order valence-electron chi connectivity index (χ3n) is 3.41. The molecule has 0 fully saturated rings. The van der Waals surface area contributed by atoms with Gasteiger partial charge in [-0.05, 0) is 30.3 Å². The molecule has 3 aromatic rings. The monoisotopic (exact) mass is 342 g/mol. The number of nitrogens with one attached hydrogen (secondary N) is 1. The lowest BCUT2D eigenvalue weighted by molar-refractivity contribution is -0.114. The topological polar surface area (TPSA) is 51.2 Å². The summed E-state index contributed by atoms with van der Waals surface area (Å²) >= 11 is 1.42. The number of benzene rings is 2. The summed E-state index contributed by atoms with van der Waals surface area (Å²) in [6.45, 7) is 1.38. The lowest BCUT2D eigenvalue weighted by Crippen LogP contribution is -2.05. The number of ether oxygens (including phenoxy) is 1. The van der Waals surface area contributed by atoms with Gasteiger partial charge in [0.15, 0.2) is 0 Å². The largest absolute Gasteiger partial charge is 0.496 e. The number of carbonyl (C=O) groups excluding carboxylic acids is 1. The fourth-order valence-corrected chi connectivity index (χ4v) is 3.20. The van der Waals surface area contributed by atoms with Gasteiger partial charge in [0.2, 0.25) is 5.91 Å². The van der Waals surface area contributed by atoms with E-state index in [1.165, 1.54) is 24.3 Å². The zero-order valence-corrected chi connectivity index (χ0v) is 14.0. The highest BCUT2D eigenvalue weighted by atomic mass is 32.1. The van der Waals surface area contributed by atoms with Gasteiger partial charge in [-0.2, -0.15) is 0 Å². The summed E-state index contributed by atoms with van der Waals surface area (Å²) < 4.78 is 19.7. The van der Waals surface area contributed by atoms with Crippen LogP contribution in [0.1, 0.15) is 6.92 Å². The number of thiazole rings is 1. The quantitative estimate of drug-likeness (QED) is 0.755. The van der Waals surface area contributed by atoms with Crippen LogP contribution >= 0.6 is 11.3 Å². The van der Waals surface area contributed by atoms with E-state index in [0.717, 1.165) is 16.3 Å². The van der Waals surface area contributed by atoms with Gasteiger partial charge in [-0.15, -0.1) is 11.3 Å². The first kappa shape index (κ1) is 16.1. The predicted octanol–water partition coefficient (Wildman–Crippen LogP) is 4.58. The second-order valence-corrected chi connectivity index (χ2v) is 5.97. The molecule has 4 nitrogen and oxygen atoms in total. The third-order valence-corrected chi connectivity index (χ3v) is 4.28. The van der Waals surface area contributed by atoms with Gasteiger partial charge < -0.3 is 10.1 Å². The summed E-state index contributed by atoms with van der Waals surface area (Å²) in [5.41, 5.74) is 2.23. The van der Waals surface area contributed by atoms with E-state index in [9.17, 15) is 9.18 Å². The van der Waals surface area contributed by atoms with Gasteiger partial charge in [0.05, 0.1) is 18.4 Å². The van der Waals surface area contributed by atoms with Crippen LogP contribution in [0.5, 0.6) is 5.75 Å². The van der Waals surface area contributed by atoms with Crippen LogP contribution < -0.4 is 10.1 Å². The third kappa shape index (κ3) is 3.28. The van der Waals surface area contributed by atoms with Crippen molar-refractivity contribution in [2.24, 2.45) is 0 Å². The van der Waals surface area contributed by atoms with Gasteiger partial charge in [0.1, 0.15) is 16.6 Å². The molecule has 1 N–H and O–H groups in total. The number of para-hydroxylation sites is 1. The van der Waals surface area contributed by atoms with E-state index < -0.39 is 5.82 Å². The molecule has 0 saturated heterocycles. The highest BCUT2D eigenvalue weighted by Gasteiger charge is 2.13. The number of rotatable bonds is 4. The van der Waals surface area contributed by atoms with Crippen molar-refractivity contribution in [1.29, 1.82) is 0 Å². The Kier molecular flexibility index (Phi) is 4.57. The Bertz CT molecular complexity index is 892. The summed E-state index contributed by atoms with van der Waals surface area (Å²) in [6.07, 6.45) is 0. The Balaban J connectivity index is 1.95. The average Bonchev–Trinajstić information content (AvgIpc) is 3.04. The van der Waals surface area contributed by atoms with Crippen LogP contribution in [0.15, 0.2) is 47.8 Å². The first-order valence-electron chi connectivity index (χ1n) is 7.25. The molecule has 1 amide bonds. The molecule has 122 valence electrons. The molecular formula is C18H15FN2O2S. The summed E-state index contributed by atoms with van der Waals surface area (Å²) in [5, 5.41) is 5.12. The lowest BCUT2D eigenvalue weighted by Gasteiger charge is -2.06. The molecule has 0 radical (unpaired) electrons. The molecule has 0 aliphatic heterocycles. The van der Waals surface area contributed by atoms with E-state index in [-0.39, 0.29) is 5.91 Å². The van der Waals surface area contributed by atoms with Crippen molar-refractivity contribution in [3.63, 3.8) is 0 Å². The zero-order valence-electron chi connectivity index (χ0n) is 13.2. The fourth-order valence-electron chi connectivity index (χ4n) is 2.35. The Morgan fingerprint density at radius 2 is 2.00 bits per heavy atom. The Morgan fingerprint density at radius 1 is 1.21 bits per heavy atom. The molecule has 24 heavy (non-hydrogen) atoms. The second-order valence-electron chi connectivity index (χ2n) is 5.11. The highest BCUT2D eigenvalue weighted by Crippen LogP contribution is 2.35. The Morgan fingerprint density at radius 3 is 2.71 bits per heavy atom. The van der Waals surface area contributed by atoms with Crippen LogP contribution in [0.25, 0.3) is 21.8 Å². The maximum absolute atomic E-state index is 14.3. The minimum absolute atomic E-state index is 0.241. The van der Waals surface area contributed by atoms with Crippen molar-refractivity contribution in [3.05, 3.63) is 53.7 Å². The summed E-state index contributed by atoms with van der Waals surface area (Å²) in [7, 11) is 1.60. The van der Waals surface area contributed by atoms with Crippen LogP contribution in [0, 0.1) is 5.82 Å². The van der Waals surface area contributed by atoms with E-state index in [1.54, 1.807) is 24.6 Å². The molecule has 0 saturated carbocycles. The lowest BCUT2D eigenvalue weighted by atomic mass is 10.1.